The zero-order valence-corrected chi connectivity index (χ0v) is 11.9. The van der Waals surface area contributed by atoms with Crippen LogP contribution in [0.5, 0.6) is 5.88 Å². The van der Waals surface area contributed by atoms with Gasteiger partial charge in [-0.1, -0.05) is 45.6 Å². The molecule has 0 unspecified atom stereocenters. The van der Waals surface area contributed by atoms with E-state index in [4.69, 9.17) is 4.74 Å². The first-order chi connectivity index (χ1) is 8.63. The van der Waals surface area contributed by atoms with Crippen LogP contribution in [0.15, 0.2) is 43.1 Å². The maximum Gasteiger partial charge on any atom is 0.233 e. The Morgan fingerprint density at radius 3 is 2.61 bits per heavy atom. The maximum absolute atomic E-state index is 5.40. The number of allylic oxidation sites excluding steroid dienone is 4. The fraction of sp³-hybridized carbons (Fsp3) is 0.400. The van der Waals surface area contributed by atoms with E-state index in [1.165, 1.54) is 0 Å². The summed E-state index contributed by atoms with van der Waals surface area (Å²) in [5.74, 6) is 0.631. The van der Waals surface area contributed by atoms with Gasteiger partial charge in [-0.2, -0.15) is 0 Å². The average Bonchev–Trinajstić information content (AvgIpc) is 2.84. The molecule has 0 aromatic carbocycles. The molecule has 0 fully saturated rings. The van der Waals surface area contributed by atoms with Gasteiger partial charge in [-0.05, 0) is 19.4 Å². The molecule has 0 saturated carbocycles. The van der Waals surface area contributed by atoms with Gasteiger partial charge in [-0.15, -0.1) is 5.10 Å². The van der Waals surface area contributed by atoms with Crippen LogP contribution in [-0.4, -0.2) is 16.4 Å². The second-order valence-electron chi connectivity index (χ2n) is 3.62. The summed E-state index contributed by atoms with van der Waals surface area (Å²) in [6.07, 6.45) is 6.58. The van der Waals surface area contributed by atoms with Gasteiger partial charge in [0.2, 0.25) is 5.88 Å². The Balaban J connectivity index is 0.00000137. The Morgan fingerprint density at radius 1 is 1.39 bits per heavy atom. The summed E-state index contributed by atoms with van der Waals surface area (Å²) in [6.45, 7) is 16.4. The van der Waals surface area contributed by atoms with Crippen LogP contribution in [0.25, 0.3) is 5.70 Å². The van der Waals surface area contributed by atoms with Gasteiger partial charge in [0, 0.05) is 12.3 Å². The van der Waals surface area contributed by atoms with Gasteiger partial charge >= 0.3 is 0 Å². The second kappa shape index (κ2) is 9.28. The number of aromatic nitrogens is 2. The first-order valence-corrected chi connectivity index (χ1v) is 6.35. The third-order valence-electron chi connectivity index (χ3n) is 1.87. The van der Waals surface area contributed by atoms with Crippen LogP contribution in [-0.2, 0) is 0 Å². The average molecular weight is 248 g/mol. The van der Waals surface area contributed by atoms with E-state index in [0.29, 0.717) is 12.5 Å². The van der Waals surface area contributed by atoms with E-state index < -0.39 is 0 Å². The van der Waals surface area contributed by atoms with Crippen molar-refractivity contribution in [2.75, 3.05) is 6.61 Å². The summed E-state index contributed by atoms with van der Waals surface area (Å²) in [6, 6.07) is 1.83. The first kappa shape index (κ1) is 16.2. The zero-order chi connectivity index (χ0) is 14.0. The van der Waals surface area contributed by atoms with Crippen LogP contribution in [0.2, 0.25) is 0 Å². The molecule has 0 aliphatic carbocycles. The van der Waals surface area contributed by atoms with E-state index in [-0.39, 0.29) is 0 Å². The molecule has 1 heterocycles. The Labute approximate surface area is 110 Å². The molecule has 3 heteroatoms. The highest BCUT2D eigenvalue weighted by atomic mass is 16.5. The van der Waals surface area contributed by atoms with E-state index >= 15 is 0 Å². The molecule has 0 radical (unpaired) electrons. The highest BCUT2D eigenvalue weighted by Gasteiger charge is 1.99. The van der Waals surface area contributed by atoms with Crippen molar-refractivity contribution < 1.29 is 4.74 Å². The minimum atomic E-state index is 0.631. The highest BCUT2D eigenvalue weighted by Crippen LogP contribution is 2.11. The summed E-state index contributed by atoms with van der Waals surface area (Å²) >= 11 is 0. The molecule has 0 saturated heterocycles. The third kappa shape index (κ3) is 6.09. The van der Waals surface area contributed by atoms with Crippen molar-refractivity contribution in [1.29, 1.82) is 0 Å². The molecule has 1 aromatic heterocycles. The Hall–Kier alpha value is -1.77. The molecule has 0 aliphatic rings. The van der Waals surface area contributed by atoms with Crippen molar-refractivity contribution >= 4 is 5.70 Å². The lowest BCUT2D eigenvalue weighted by Crippen LogP contribution is -1.98. The monoisotopic (exact) mass is 248 g/mol. The third-order valence-corrected chi connectivity index (χ3v) is 1.87. The van der Waals surface area contributed by atoms with E-state index in [9.17, 15) is 0 Å². The smallest absolute Gasteiger partial charge is 0.233 e. The van der Waals surface area contributed by atoms with Crippen LogP contribution < -0.4 is 4.74 Å². The van der Waals surface area contributed by atoms with E-state index in [2.05, 4.69) is 25.2 Å². The fourth-order valence-electron chi connectivity index (χ4n) is 1.07. The molecule has 0 aliphatic heterocycles. The molecule has 3 nitrogen and oxygen atoms in total. The molecule has 0 N–H and O–H groups in total. The van der Waals surface area contributed by atoms with Gasteiger partial charge < -0.3 is 4.74 Å². The summed E-state index contributed by atoms with van der Waals surface area (Å²) in [7, 11) is 0. The number of rotatable bonds is 6. The number of hydrogen-bond donors (Lipinski definition) is 0. The predicted molar refractivity (Wildman–Crippen MR) is 78.6 cm³/mol. The topological polar surface area (TPSA) is 27.1 Å². The van der Waals surface area contributed by atoms with Crippen LogP contribution in [0.3, 0.4) is 0 Å². The zero-order valence-electron chi connectivity index (χ0n) is 11.9. The SMILES string of the molecule is C=C(C)/C=C\C(=C)n1ccc(OCCC)n1.CC. The molecule has 100 valence electrons. The second-order valence-corrected chi connectivity index (χ2v) is 3.62. The number of nitrogens with zero attached hydrogens (tertiary/aromatic N) is 2. The molecule has 0 bridgehead atoms. The Kier molecular flexibility index (Phi) is 8.37. The molecule has 0 amide bonds. The van der Waals surface area contributed by atoms with Crippen molar-refractivity contribution in [2.24, 2.45) is 0 Å². The Bertz CT molecular complexity index is 402. The summed E-state index contributed by atoms with van der Waals surface area (Å²) in [4.78, 5) is 0. The van der Waals surface area contributed by atoms with Gasteiger partial charge in [0.15, 0.2) is 0 Å². The van der Waals surface area contributed by atoms with Gasteiger partial charge in [0.1, 0.15) is 0 Å². The van der Waals surface area contributed by atoms with Gasteiger partial charge in [-0.25, -0.2) is 4.68 Å². The van der Waals surface area contributed by atoms with Crippen LogP contribution in [0.4, 0.5) is 0 Å². The Morgan fingerprint density at radius 2 is 2.06 bits per heavy atom. The lowest BCUT2D eigenvalue weighted by molar-refractivity contribution is 0.303. The van der Waals surface area contributed by atoms with Gasteiger partial charge in [0.25, 0.3) is 0 Å². The minimum absolute atomic E-state index is 0.631. The van der Waals surface area contributed by atoms with Crippen LogP contribution in [0.1, 0.15) is 34.1 Å². The molecular formula is C15H24N2O. The summed E-state index contributed by atoms with van der Waals surface area (Å²) in [5.41, 5.74) is 1.77. The first-order valence-electron chi connectivity index (χ1n) is 6.35. The fourth-order valence-corrected chi connectivity index (χ4v) is 1.07. The normalized spacial score (nSPS) is 9.78. The lowest BCUT2D eigenvalue weighted by Gasteiger charge is -2.00. The van der Waals surface area contributed by atoms with E-state index in [1.807, 2.05) is 45.2 Å². The predicted octanol–water partition coefficient (Wildman–Crippen LogP) is 4.30. The minimum Gasteiger partial charge on any atom is -0.477 e. The largest absolute Gasteiger partial charge is 0.477 e. The molecule has 0 atom stereocenters. The molecule has 0 spiro atoms. The van der Waals surface area contributed by atoms with Crippen LogP contribution >= 0.6 is 0 Å². The lowest BCUT2D eigenvalue weighted by atomic mass is 10.3. The van der Waals surface area contributed by atoms with Crippen molar-refractivity contribution in [2.45, 2.75) is 34.1 Å². The van der Waals surface area contributed by atoms with Crippen LogP contribution in [0, 0.1) is 0 Å². The number of hydrogen-bond acceptors (Lipinski definition) is 2. The van der Waals surface area contributed by atoms with Crippen molar-refractivity contribution in [3.8, 4) is 5.88 Å². The van der Waals surface area contributed by atoms with Gasteiger partial charge in [0.05, 0.1) is 12.3 Å². The van der Waals surface area contributed by atoms with E-state index in [1.54, 1.807) is 4.68 Å². The summed E-state index contributed by atoms with van der Waals surface area (Å²) < 4.78 is 7.08. The standard InChI is InChI=1S/C13H18N2O.C2H6/c1-5-10-16-13-8-9-15(14-13)12(4)7-6-11(2)3;1-2/h6-9H,2,4-5,10H2,1,3H3;1-2H3/b7-6-;. The molecule has 1 aromatic rings. The van der Waals surface area contributed by atoms with Crippen molar-refractivity contribution in [3.63, 3.8) is 0 Å². The molecule has 18 heavy (non-hydrogen) atoms. The highest BCUT2D eigenvalue weighted by molar-refractivity contribution is 5.54. The number of ether oxygens (including phenoxy) is 1. The van der Waals surface area contributed by atoms with Gasteiger partial charge in [-0.3, -0.25) is 0 Å². The molecular weight excluding hydrogens is 224 g/mol. The van der Waals surface area contributed by atoms with E-state index in [0.717, 1.165) is 17.7 Å². The van der Waals surface area contributed by atoms with Crippen molar-refractivity contribution in [3.05, 3.63) is 43.1 Å². The summed E-state index contributed by atoms with van der Waals surface area (Å²) in [5, 5.41) is 4.24. The molecule has 1 rings (SSSR count). The quantitative estimate of drug-likeness (QED) is 0.702. The van der Waals surface area contributed by atoms with Crippen molar-refractivity contribution in [1.82, 2.24) is 9.78 Å². The maximum atomic E-state index is 5.40.